The summed E-state index contributed by atoms with van der Waals surface area (Å²) in [4.78, 5) is 17.2. The summed E-state index contributed by atoms with van der Waals surface area (Å²) in [6.07, 6.45) is 1.36. The molecule has 0 amide bonds. The fraction of sp³-hybridized carbons (Fsp3) is 0.364. The summed E-state index contributed by atoms with van der Waals surface area (Å²) >= 11 is 3.00. The minimum absolute atomic E-state index is 0.000895. The van der Waals surface area contributed by atoms with Crippen molar-refractivity contribution in [1.82, 2.24) is 9.55 Å². The molecule has 0 N–H and O–H groups in total. The van der Waals surface area contributed by atoms with Crippen LogP contribution in [0.25, 0.3) is 10.2 Å². The fourth-order valence-electron chi connectivity index (χ4n) is 1.42. The van der Waals surface area contributed by atoms with Gasteiger partial charge in [0.1, 0.15) is 4.83 Å². The summed E-state index contributed by atoms with van der Waals surface area (Å²) in [7, 11) is 1.74. The highest BCUT2D eigenvalue weighted by Gasteiger charge is 2.08. The van der Waals surface area contributed by atoms with Gasteiger partial charge in [-0.1, -0.05) is 11.8 Å². The molecule has 0 unspecified atom stereocenters. The number of thiophene rings is 1. The third kappa shape index (κ3) is 2.51. The molecule has 0 saturated carbocycles. The third-order valence-electron chi connectivity index (χ3n) is 2.33. The van der Waals surface area contributed by atoms with Gasteiger partial charge < -0.3 is 0 Å². The molecule has 0 aromatic carbocycles. The number of hydrogen-bond donors (Lipinski definition) is 0. The Morgan fingerprint density at radius 1 is 1.65 bits per heavy atom. The van der Waals surface area contributed by atoms with Crippen molar-refractivity contribution in [2.24, 2.45) is 7.05 Å². The second-order valence-corrected chi connectivity index (χ2v) is 5.46. The van der Waals surface area contributed by atoms with Crippen LogP contribution in [0.4, 0.5) is 0 Å². The summed E-state index contributed by atoms with van der Waals surface area (Å²) in [5.74, 6) is 0.810. The molecule has 0 aliphatic heterocycles. The monoisotopic (exact) mass is 265 g/mol. The lowest BCUT2D eigenvalue weighted by atomic mass is 10.4. The fourth-order valence-corrected chi connectivity index (χ4v) is 3.14. The molecule has 2 rings (SSSR count). The summed E-state index contributed by atoms with van der Waals surface area (Å²) in [5.41, 5.74) is -0.000895. The molecule has 0 radical (unpaired) electrons. The number of aromatic nitrogens is 2. The third-order valence-corrected chi connectivity index (χ3v) is 4.25. The molecule has 0 aliphatic rings. The van der Waals surface area contributed by atoms with Crippen molar-refractivity contribution >= 4 is 33.3 Å². The molecule has 0 aliphatic carbocycles. The average Bonchev–Trinajstić information content (AvgIpc) is 2.79. The molecule has 0 atom stereocenters. The van der Waals surface area contributed by atoms with Crippen LogP contribution in [0.1, 0.15) is 12.8 Å². The zero-order valence-corrected chi connectivity index (χ0v) is 11.0. The molecular weight excluding hydrogens is 254 g/mol. The second kappa shape index (κ2) is 5.34. The van der Waals surface area contributed by atoms with Gasteiger partial charge in [-0.15, -0.1) is 11.3 Å². The SMILES string of the molecule is Cn1c(SCCCC#N)nc2sccc2c1=O. The summed E-state index contributed by atoms with van der Waals surface area (Å²) < 4.78 is 1.58. The van der Waals surface area contributed by atoms with E-state index in [0.717, 1.165) is 22.2 Å². The lowest BCUT2D eigenvalue weighted by molar-refractivity contribution is 0.727. The molecule has 2 heterocycles. The van der Waals surface area contributed by atoms with Gasteiger partial charge in [-0.05, 0) is 17.9 Å². The number of nitrogens with zero attached hydrogens (tertiary/aromatic N) is 3. The van der Waals surface area contributed by atoms with E-state index < -0.39 is 0 Å². The number of thioether (sulfide) groups is 1. The Bertz CT molecular complexity index is 624. The lowest BCUT2D eigenvalue weighted by Crippen LogP contribution is -2.19. The highest BCUT2D eigenvalue weighted by molar-refractivity contribution is 7.99. The summed E-state index contributed by atoms with van der Waals surface area (Å²) in [6, 6.07) is 3.91. The highest BCUT2D eigenvalue weighted by Crippen LogP contribution is 2.20. The number of hydrogen-bond acceptors (Lipinski definition) is 5. The number of fused-ring (bicyclic) bond motifs is 1. The van der Waals surface area contributed by atoms with Gasteiger partial charge in [-0.2, -0.15) is 5.26 Å². The minimum Gasteiger partial charge on any atom is -0.290 e. The Hall–Kier alpha value is -1.32. The molecule has 4 nitrogen and oxygen atoms in total. The van der Waals surface area contributed by atoms with E-state index >= 15 is 0 Å². The summed E-state index contributed by atoms with van der Waals surface area (Å²) in [5, 5.41) is 11.7. The molecule has 0 saturated heterocycles. The smallest absolute Gasteiger partial charge is 0.262 e. The van der Waals surface area contributed by atoms with Crippen LogP contribution >= 0.6 is 23.1 Å². The standard InChI is InChI=1S/C11H11N3OS2/c1-14-10(15)8-4-7-16-9(8)13-11(14)17-6-3-2-5-12/h4,7H,2-3,6H2,1H3. The van der Waals surface area contributed by atoms with Crippen molar-refractivity contribution in [2.45, 2.75) is 18.0 Å². The van der Waals surface area contributed by atoms with E-state index in [4.69, 9.17) is 5.26 Å². The first-order valence-electron chi connectivity index (χ1n) is 5.18. The molecular formula is C11H11N3OS2. The maximum Gasteiger partial charge on any atom is 0.262 e. The minimum atomic E-state index is -0.000895. The van der Waals surface area contributed by atoms with E-state index in [1.54, 1.807) is 17.7 Å². The van der Waals surface area contributed by atoms with E-state index in [0.29, 0.717) is 11.8 Å². The van der Waals surface area contributed by atoms with Crippen LogP contribution in [-0.4, -0.2) is 15.3 Å². The van der Waals surface area contributed by atoms with E-state index in [1.165, 1.54) is 23.1 Å². The topological polar surface area (TPSA) is 58.7 Å². The van der Waals surface area contributed by atoms with E-state index in [-0.39, 0.29) is 5.56 Å². The first-order chi connectivity index (χ1) is 8.24. The molecule has 2 aromatic heterocycles. The maximum atomic E-state index is 12.0. The van der Waals surface area contributed by atoms with Crippen LogP contribution in [0.5, 0.6) is 0 Å². The first-order valence-corrected chi connectivity index (χ1v) is 7.04. The highest BCUT2D eigenvalue weighted by atomic mass is 32.2. The Morgan fingerprint density at radius 3 is 3.24 bits per heavy atom. The molecule has 0 bridgehead atoms. The molecule has 0 spiro atoms. The summed E-state index contributed by atoms with van der Waals surface area (Å²) in [6.45, 7) is 0. The normalized spacial score (nSPS) is 10.6. The Balaban J connectivity index is 2.25. The van der Waals surface area contributed by atoms with E-state index in [1.807, 2.05) is 5.38 Å². The van der Waals surface area contributed by atoms with Crippen molar-refractivity contribution in [3.8, 4) is 6.07 Å². The number of unbranched alkanes of at least 4 members (excludes halogenated alkanes) is 1. The van der Waals surface area contributed by atoms with E-state index in [2.05, 4.69) is 11.1 Å². The van der Waals surface area contributed by atoms with Crippen molar-refractivity contribution in [3.05, 3.63) is 21.8 Å². The van der Waals surface area contributed by atoms with Crippen molar-refractivity contribution < 1.29 is 0 Å². The number of rotatable bonds is 4. The Kier molecular flexibility index (Phi) is 3.82. The van der Waals surface area contributed by atoms with Gasteiger partial charge in [0.05, 0.1) is 11.5 Å². The average molecular weight is 265 g/mol. The number of nitriles is 1. The van der Waals surface area contributed by atoms with Crippen molar-refractivity contribution in [2.75, 3.05) is 5.75 Å². The van der Waals surface area contributed by atoms with Gasteiger partial charge >= 0.3 is 0 Å². The largest absolute Gasteiger partial charge is 0.290 e. The van der Waals surface area contributed by atoms with Crippen LogP contribution in [0, 0.1) is 11.3 Å². The molecule has 17 heavy (non-hydrogen) atoms. The van der Waals surface area contributed by atoms with Gasteiger partial charge in [-0.25, -0.2) is 4.98 Å². The Morgan fingerprint density at radius 2 is 2.47 bits per heavy atom. The first kappa shape index (κ1) is 12.1. The molecule has 6 heteroatoms. The van der Waals surface area contributed by atoms with Crippen LogP contribution in [-0.2, 0) is 7.05 Å². The van der Waals surface area contributed by atoms with Gasteiger partial charge in [0.25, 0.3) is 5.56 Å². The molecule has 0 fully saturated rings. The lowest BCUT2D eigenvalue weighted by Gasteiger charge is -2.05. The van der Waals surface area contributed by atoms with Crippen LogP contribution in [0.15, 0.2) is 21.4 Å². The van der Waals surface area contributed by atoms with Crippen LogP contribution < -0.4 is 5.56 Å². The van der Waals surface area contributed by atoms with Gasteiger partial charge in [0, 0.05) is 19.2 Å². The molecule has 2 aromatic rings. The quantitative estimate of drug-likeness (QED) is 0.484. The van der Waals surface area contributed by atoms with Gasteiger partial charge in [0.2, 0.25) is 0 Å². The van der Waals surface area contributed by atoms with Gasteiger partial charge in [0.15, 0.2) is 5.16 Å². The molecule has 88 valence electrons. The van der Waals surface area contributed by atoms with Gasteiger partial charge in [-0.3, -0.25) is 9.36 Å². The van der Waals surface area contributed by atoms with E-state index in [9.17, 15) is 4.79 Å². The predicted octanol–water partition coefficient (Wildman–Crippen LogP) is 2.39. The maximum absolute atomic E-state index is 12.0. The Labute approximate surface area is 107 Å². The van der Waals surface area contributed by atoms with Crippen LogP contribution in [0.2, 0.25) is 0 Å². The second-order valence-electron chi connectivity index (χ2n) is 3.51. The zero-order chi connectivity index (χ0) is 12.3. The zero-order valence-electron chi connectivity index (χ0n) is 9.34. The predicted molar refractivity (Wildman–Crippen MR) is 70.4 cm³/mol. The van der Waals surface area contributed by atoms with Crippen molar-refractivity contribution in [3.63, 3.8) is 0 Å². The van der Waals surface area contributed by atoms with Crippen molar-refractivity contribution in [1.29, 1.82) is 5.26 Å². The van der Waals surface area contributed by atoms with Crippen LogP contribution in [0.3, 0.4) is 0 Å².